The monoisotopic (exact) mass is 214 g/mol. The molecule has 0 amide bonds. The SMILES string of the molecule is Cc1cnc(Nc2ccccc2CN)nc1. The molecule has 0 spiro atoms. The fourth-order valence-corrected chi connectivity index (χ4v) is 1.40. The molecule has 82 valence electrons. The van der Waals surface area contributed by atoms with Crippen molar-refractivity contribution in [1.29, 1.82) is 0 Å². The van der Waals surface area contributed by atoms with Crippen molar-refractivity contribution in [2.75, 3.05) is 5.32 Å². The van der Waals surface area contributed by atoms with Gasteiger partial charge in [-0.2, -0.15) is 0 Å². The minimum Gasteiger partial charge on any atom is -0.326 e. The van der Waals surface area contributed by atoms with Crippen molar-refractivity contribution in [3.8, 4) is 0 Å². The molecule has 0 fully saturated rings. The first-order chi connectivity index (χ1) is 7.79. The maximum atomic E-state index is 5.65. The maximum absolute atomic E-state index is 5.65. The van der Waals surface area contributed by atoms with E-state index in [0.717, 1.165) is 16.8 Å². The molecule has 0 saturated heterocycles. The van der Waals surface area contributed by atoms with Crippen molar-refractivity contribution in [3.05, 3.63) is 47.8 Å². The minimum atomic E-state index is 0.495. The number of nitrogens with zero attached hydrogens (tertiary/aromatic N) is 2. The van der Waals surface area contributed by atoms with Crippen LogP contribution < -0.4 is 11.1 Å². The lowest BCUT2D eigenvalue weighted by Gasteiger charge is -2.08. The zero-order chi connectivity index (χ0) is 11.4. The molecule has 16 heavy (non-hydrogen) atoms. The Morgan fingerprint density at radius 3 is 2.56 bits per heavy atom. The van der Waals surface area contributed by atoms with Crippen LogP contribution in [-0.4, -0.2) is 9.97 Å². The lowest BCUT2D eigenvalue weighted by Crippen LogP contribution is -2.03. The molecule has 1 heterocycles. The van der Waals surface area contributed by atoms with Crippen LogP contribution in [0.25, 0.3) is 0 Å². The molecule has 0 aliphatic heterocycles. The molecular formula is C12H14N4. The summed E-state index contributed by atoms with van der Waals surface area (Å²) in [5.41, 5.74) is 8.69. The highest BCUT2D eigenvalue weighted by molar-refractivity contribution is 5.58. The first-order valence-corrected chi connectivity index (χ1v) is 5.13. The number of para-hydroxylation sites is 1. The van der Waals surface area contributed by atoms with Crippen LogP contribution in [0.5, 0.6) is 0 Å². The maximum Gasteiger partial charge on any atom is 0.227 e. The molecular weight excluding hydrogens is 200 g/mol. The van der Waals surface area contributed by atoms with E-state index in [0.29, 0.717) is 12.5 Å². The van der Waals surface area contributed by atoms with Crippen molar-refractivity contribution >= 4 is 11.6 Å². The van der Waals surface area contributed by atoms with Crippen LogP contribution in [0.3, 0.4) is 0 Å². The van der Waals surface area contributed by atoms with Gasteiger partial charge in [0.2, 0.25) is 5.95 Å². The summed E-state index contributed by atoms with van der Waals surface area (Å²) in [6.45, 7) is 2.45. The normalized spacial score (nSPS) is 10.1. The fraction of sp³-hybridized carbons (Fsp3) is 0.167. The molecule has 4 heteroatoms. The Balaban J connectivity index is 2.23. The van der Waals surface area contributed by atoms with Crippen molar-refractivity contribution in [1.82, 2.24) is 9.97 Å². The van der Waals surface area contributed by atoms with Crippen molar-refractivity contribution in [2.24, 2.45) is 5.73 Å². The lowest BCUT2D eigenvalue weighted by atomic mass is 10.2. The predicted octanol–water partition coefficient (Wildman–Crippen LogP) is 1.99. The van der Waals surface area contributed by atoms with E-state index in [1.165, 1.54) is 0 Å². The Morgan fingerprint density at radius 1 is 1.19 bits per heavy atom. The van der Waals surface area contributed by atoms with Gasteiger partial charge in [0, 0.05) is 24.6 Å². The number of benzene rings is 1. The van der Waals surface area contributed by atoms with Crippen LogP contribution in [0, 0.1) is 6.92 Å². The van der Waals surface area contributed by atoms with Crippen molar-refractivity contribution < 1.29 is 0 Å². The van der Waals surface area contributed by atoms with E-state index in [-0.39, 0.29) is 0 Å². The molecule has 1 aromatic carbocycles. The summed E-state index contributed by atoms with van der Waals surface area (Å²) in [6, 6.07) is 7.86. The first kappa shape index (κ1) is 10.6. The van der Waals surface area contributed by atoms with Gasteiger partial charge < -0.3 is 11.1 Å². The van der Waals surface area contributed by atoms with Crippen LogP contribution in [0.2, 0.25) is 0 Å². The molecule has 4 nitrogen and oxygen atoms in total. The van der Waals surface area contributed by atoms with E-state index in [9.17, 15) is 0 Å². The van der Waals surface area contributed by atoms with E-state index in [2.05, 4.69) is 15.3 Å². The van der Waals surface area contributed by atoms with Gasteiger partial charge in [0.25, 0.3) is 0 Å². The summed E-state index contributed by atoms with van der Waals surface area (Å²) < 4.78 is 0. The summed E-state index contributed by atoms with van der Waals surface area (Å²) in [5, 5.41) is 3.15. The van der Waals surface area contributed by atoms with Gasteiger partial charge in [-0.15, -0.1) is 0 Å². The minimum absolute atomic E-state index is 0.495. The number of anilines is 2. The Bertz CT molecular complexity index is 465. The molecule has 1 aromatic heterocycles. The van der Waals surface area contributed by atoms with E-state index in [1.54, 1.807) is 12.4 Å². The highest BCUT2D eigenvalue weighted by Gasteiger charge is 2.01. The fourth-order valence-electron chi connectivity index (χ4n) is 1.40. The van der Waals surface area contributed by atoms with Crippen LogP contribution in [0.15, 0.2) is 36.7 Å². The number of hydrogen-bond acceptors (Lipinski definition) is 4. The number of nitrogens with one attached hydrogen (secondary N) is 1. The van der Waals surface area contributed by atoms with Crippen molar-refractivity contribution in [2.45, 2.75) is 13.5 Å². The van der Waals surface area contributed by atoms with Gasteiger partial charge in [-0.1, -0.05) is 18.2 Å². The summed E-state index contributed by atoms with van der Waals surface area (Å²) >= 11 is 0. The molecule has 2 rings (SSSR count). The molecule has 0 aliphatic rings. The third kappa shape index (κ3) is 2.35. The van der Waals surface area contributed by atoms with Crippen LogP contribution in [0.4, 0.5) is 11.6 Å². The standard InChI is InChI=1S/C12H14N4/c1-9-7-14-12(15-8-9)16-11-5-3-2-4-10(11)6-13/h2-5,7-8H,6,13H2,1H3,(H,14,15,16). The van der Waals surface area contributed by atoms with Gasteiger partial charge in [-0.05, 0) is 24.1 Å². The zero-order valence-electron chi connectivity index (χ0n) is 9.14. The van der Waals surface area contributed by atoms with E-state index < -0.39 is 0 Å². The Morgan fingerprint density at radius 2 is 1.88 bits per heavy atom. The van der Waals surface area contributed by atoms with Gasteiger partial charge in [0.15, 0.2) is 0 Å². The Kier molecular flexibility index (Phi) is 3.12. The number of hydrogen-bond donors (Lipinski definition) is 2. The highest BCUT2D eigenvalue weighted by atomic mass is 15.1. The largest absolute Gasteiger partial charge is 0.326 e. The van der Waals surface area contributed by atoms with Gasteiger partial charge >= 0.3 is 0 Å². The van der Waals surface area contributed by atoms with Gasteiger partial charge in [-0.25, -0.2) is 9.97 Å². The second-order valence-electron chi connectivity index (χ2n) is 3.57. The lowest BCUT2D eigenvalue weighted by molar-refractivity contribution is 1.06. The third-order valence-corrected chi connectivity index (χ3v) is 2.26. The van der Waals surface area contributed by atoms with Gasteiger partial charge in [0.1, 0.15) is 0 Å². The summed E-state index contributed by atoms with van der Waals surface area (Å²) in [4.78, 5) is 8.37. The molecule has 2 aromatic rings. The summed E-state index contributed by atoms with van der Waals surface area (Å²) in [7, 11) is 0. The van der Waals surface area contributed by atoms with Crippen LogP contribution in [-0.2, 0) is 6.54 Å². The Hall–Kier alpha value is -1.94. The first-order valence-electron chi connectivity index (χ1n) is 5.13. The highest BCUT2D eigenvalue weighted by Crippen LogP contribution is 2.17. The number of rotatable bonds is 3. The van der Waals surface area contributed by atoms with Crippen LogP contribution in [0.1, 0.15) is 11.1 Å². The molecule has 0 unspecified atom stereocenters. The molecule has 0 bridgehead atoms. The van der Waals surface area contributed by atoms with Crippen molar-refractivity contribution in [3.63, 3.8) is 0 Å². The summed E-state index contributed by atoms with van der Waals surface area (Å²) in [6.07, 6.45) is 3.56. The number of nitrogens with two attached hydrogens (primary N) is 1. The average molecular weight is 214 g/mol. The second-order valence-corrected chi connectivity index (χ2v) is 3.57. The zero-order valence-corrected chi connectivity index (χ0v) is 9.14. The van der Waals surface area contributed by atoms with E-state index in [4.69, 9.17) is 5.73 Å². The second kappa shape index (κ2) is 4.72. The third-order valence-electron chi connectivity index (χ3n) is 2.26. The molecule has 0 atom stereocenters. The average Bonchev–Trinajstić information content (AvgIpc) is 2.33. The quantitative estimate of drug-likeness (QED) is 0.820. The predicted molar refractivity (Wildman–Crippen MR) is 64.4 cm³/mol. The molecule has 0 aliphatic carbocycles. The smallest absolute Gasteiger partial charge is 0.227 e. The number of aromatic nitrogens is 2. The van der Waals surface area contributed by atoms with Crippen LogP contribution >= 0.6 is 0 Å². The molecule has 3 N–H and O–H groups in total. The molecule has 0 radical (unpaired) electrons. The number of aryl methyl sites for hydroxylation is 1. The van der Waals surface area contributed by atoms with Gasteiger partial charge in [-0.3, -0.25) is 0 Å². The van der Waals surface area contributed by atoms with Gasteiger partial charge in [0.05, 0.1) is 0 Å². The Labute approximate surface area is 94.5 Å². The molecule has 0 saturated carbocycles. The van der Waals surface area contributed by atoms with E-state index in [1.807, 2.05) is 31.2 Å². The van der Waals surface area contributed by atoms with E-state index >= 15 is 0 Å². The summed E-state index contributed by atoms with van der Waals surface area (Å²) in [5.74, 6) is 0.589. The topological polar surface area (TPSA) is 63.8 Å².